The molecule has 1 amide bonds. The predicted molar refractivity (Wildman–Crippen MR) is 135 cm³/mol. The molecule has 176 valence electrons. The van der Waals surface area contributed by atoms with E-state index in [-0.39, 0.29) is 12.5 Å². The molecule has 4 aromatic rings. The summed E-state index contributed by atoms with van der Waals surface area (Å²) in [5, 5.41) is 3.07. The van der Waals surface area contributed by atoms with Gasteiger partial charge in [0.15, 0.2) is 0 Å². The van der Waals surface area contributed by atoms with E-state index in [0.29, 0.717) is 23.9 Å². The standard InChI is InChI=1S/C28H32N4O2/c1-20(2)31(4)17-23-12-6-5-11-22(23)16-29-28(33)25-13-7-8-14-26(25)34-19-24-18-32-15-9-10-21(3)27(32)30-24/h5-15,18,20H,16-17,19H2,1-4H3,(H,29,33). The Bertz CT molecular complexity index is 1280. The molecular formula is C28H32N4O2. The van der Waals surface area contributed by atoms with Crippen molar-refractivity contribution in [3.05, 3.63) is 101 Å². The van der Waals surface area contributed by atoms with Crippen LogP contribution in [0.2, 0.25) is 0 Å². The fraction of sp³-hybridized carbons (Fsp3) is 0.286. The second kappa shape index (κ2) is 10.5. The lowest BCUT2D eigenvalue weighted by molar-refractivity contribution is 0.0946. The lowest BCUT2D eigenvalue weighted by Gasteiger charge is -2.22. The van der Waals surface area contributed by atoms with Crippen molar-refractivity contribution in [3.63, 3.8) is 0 Å². The van der Waals surface area contributed by atoms with Crippen LogP contribution in [0, 0.1) is 6.92 Å². The molecule has 0 aliphatic rings. The number of carbonyl (C=O) groups excluding carboxylic acids is 1. The summed E-state index contributed by atoms with van der Waals surface area (Å²) in [7, 11) is 2.11. The number of carbonyl (C=O) groups is 1. The third-order valence-electron chi connectivity index (χ3n) is 6.09. The van der Waals surface area contributed by atoms with Crippen molar-refractivity contribution >= 4 is 11.6 Å². The number of hydrogen-bond donors (Lipinski definition) is 1. The number of ether oxygens (including phenoxy) is 1. The molecule has 0 aliphatic carbocycles. The minimum Gasteiger partial charge on any atom is -0.486 e. The molecule has 0 radical (unpaired) electrons. The fourth-order valence-electron chi connectivity index (χ4n) is 3.81. The minimum atomic E-state index is -0.159. The van der Waals surface area contributed by atoms with Crippen molar-refractivity contribution in [1.82, 2.24) is 19.6 Å². The quantitative estimate of drug-likeness (QED) is 0.385. The highest BCUT2D eigenvalue weighted by molar-refractivity contribution is 5.96. The van der Waals surface area contributed by atoms with E-state index >= 15 is 0 Å². The number of para-hydroxylation sites is 1. The number of aromatic nitrogens is 2. The van der Waals surface area contributed by atoms with Crippen LogP contribution in [0.4, 0.5) is 0 Å². The van der Waals surface area contributed by atoms with Gasteiger partial charge in [0.25, 0.3) is 5.91 Å². The highest BCUT2D eigenvalue weighted by atomic mass is 16.5. The lowest BCUT2D eigenvalue weighted by Crippen LogP contribution is -2.28. The molecule has 0 saturated carbocycles. The van der Waals surface area contributed by atoms with Crippen molar-refractivity contribution in [2.45, 2.75) is 46.5 Å². The molecule has 1 N–H and O–H groups in total. The summed E-state index contributed by atoms with van der Waals surface area (Å²) >= 11 is 0. The van der Waals surface area contributed by atoms with E-state index in [2.05, 4.69) is 48.2 Å². The average molecular weight is 457 g/mol. The Hall–Kier alpha value is -3.64. The van der Waals surface area contributed by atoms with Gasteiger partial charge >= 0.3 is 0 Å². The van der Waals surface area contributed by atoms with Gasteiger partial charge in [-0.1, -0.05) is 42.5 Å². The van der Waals surface area contributed by atoms with Crippen molar-refractivity contribution in [2.24, 2.45) is 0 Å². The first kappa shape index (κ1) is 23.5. The maximum absolute atomic E-state index is 13.1. The van der Waals surface area contributed by atoms with Crippen LogP contribution in [0.1, 0.15) is 46.6 Å². The van der Waals surface area contributed by atoms with E-state index in [9.17, 15) is 4.79 Å². The Labute approximate surface area is 201 Å². The number of benzene rings is 2. The van der Waals surface area contributed by atoms with Gasteiger partial charge in [0.1, 0.15) is 18.0 Å². The second-order valence-electron chi connectivity index (χ2n) is 8.90. The van der Waals surface area contributed by atoms with E-state index in [0.717, 1.165) is 29.0 Å². The minimum absolute atomic E-state index is 0.159. The Balaban J connectivity index is 1.43. The van der Waals surface area contributed by atoms with E-state index < -0.39 is 0 Å². The van der Waals surface area contributed by atoms with Gasteiger partial charge in [-0.05, 0) is 62.7 Å². The Morgan fingerprint density at radius 2 is 1.79 bits per heavy atom. The number of hydrogen-bond acceptors (Lipinski definition) is 4. The van der Waals surface area contributed by atoms with Gasteiger partial charge in [0.05, 0.1) is 11.3 Å². The molecule has 0 aliphatic heterocycles. The van der Waals surface area contributed by atoms with Crippen molar-refractivity contribution in [3.8, 4) is 5.75 Å². The predicted octanol–water partition coefficient (Wildman–Crippen LogP) is 4.99. The van der Waals surface area contributed by atoms with Gasteiger partial charge in [-0.25, -0.2) is 4.98 Å². The van der Waals surface area contributed by atoms with Crippen LogP contribution in [0.5, 0.6) is 5.75 Å². The molecule has 0 bridgehead atoms. The maximum atomic E-state index is 13.1. The van der Waals surface area contributed by atoms with Crippen LogP contribution in [-0.2, 0) is 19.7 Å². The summed E-state index contributed by atoms with van der Waals surface area (Å²) in [4.78, 5) is 20.0. The molecule has 34 heavy (non-hydrogen) atoms. The zero-order chi connectivity index (χ0) is 24.1. The first-order chi connectivity index (χ1) is 16.4. The molecule has 0 spiro atoms. The smallest absolute Gasteiger partial charge is 0.255 e. The van der Waals surface area contributed by atoms with Crippen molar-refractivity contribution in [1.29, 1.82) is 0 Å². The first-order valence-electron chi connectivity index (χ1n) is 11.6. The van der Waals surface area contributed by atoms with Crippen LogP contribution < -0.4 is 10.1 Å². The van der Waals surface area contributed by atoms with Crippen LogP contribution in [0.25, 0.3) is 5.65 Å². The Morgan fingerprint density at radius 1 is 1.06 bits per heavy atom. The van der Waals surface area contributed by atoms with Gasteiger partial charge in [-0.2, -0.15) is 0 Å². The third-order valence-corrected chi connectivity index (χ3v) is 6.09. The average Bonchev–Trinajstić information content (AvgIpc) is 3.26. The van der Waals surface area contributed by atoms with Gasteiger partial charge in [-0.3, -0.25) is 9.69 Å². The lowest BCUT2D eigenvalue weighted by atomic mass is 10.1. The van der Waals surface area contributed by atoms with Gasteiger partial charge in [0, 0.05) is 31.5 Å². The first-order valence-corrected chi connectivity index (χ1v) is 11.6. The summed E-state index contributed by atoms with van der Waals surface area (Å²) in [5.74, 6) is 0.384. The molecule has 0 fully saturated rings. The van der Waals surface area contributed by atoms with Crippen molar-refractivity contribution < 1.29 is 9.53 Å². The number of nitrogens with one attached hydrogen (secondary N) is 1. The highest BCUT2D eigenvalue weighted by Crippen LogP contribution is 2.20. The van der Waals surface area contributed by atoms with Crippen LogP contribution >= 0.6 is 0 Å². The van der Waals surface area contributed by atoms with E-state index in [1.807, 2.05) is 66.2 Å². The zero-order valence-electron chi connectivity index (χ0n) is 20.3. The number of imidazole rings is 1. The number of fused-ring (bicyclic) bond motifs is 1. The molecule has 2 heterocycles. The molecule has 6 nitrogen and oxygen atoms in total. The van der Waals surface area contributed by atoms with E-state index in [4.69, 9.17) is 4.74 Å². The molecule has 0 unspecified atom stereocenters. The van der Waals surface area contributed by atoms with Crippen LogP contribution in [0.15, 0.2) is 73.1 Å². The summed E-state index contributed by atoms with van der Waals surface area (Å²) < 4.78 is 8.01. The largest absolute Gasteiger partial charge is 0.486 e. The van der Waals surface area contributed by atoms with Crippen LogP contribution in [-0.4, -0.2) is 33.3 Å². The molecule has 0 saturated heterocycles. The number of nitrogens with zero attached hydrogens (tertiary/aromatic N) is 3. The van der Waals surface area contributed by atoms with E-state index in [1.165, 1.54) is 5.56 Å². The molecule has 4 rings (SSSR count). The molecular weight excluding hydrogens is 424 g/mol. The Morgan fingerprint density at radius 3 is 2.56 bits per heavy atom. The summed E-state index contributed by atoms with van der Waals surface area (Å²) in [6.45, 7) is 7.97. The Kier molecular flexibility index (Phi) is 7.28. The maximum Gasteiger partial charge on any atom is 0.255 e. The molecule has 0 atom stereocenters. The van der Waals surface area contributed by atoms with E-state index in [1.54, 1.807) is 6.07 Å². The highest BCUT2D eigenvalue weighted by Gasteiger charge is 2.14. The molecule has 6 heteroatoms. The van der Waals surface area contributed by atoms with Gasteiger partial charge in [0.2, 0.25) is 0 Å². The third kappa shape index (κ3) is 5.46. The van der Waals surface area contributed by atoms with Gasteiger partial charge in [-0.15, -0.1) is 0 Å². The monoisotopic (exact) mass is 456 g/mol. The summed E-state index contributed by atoms with van der Waals surface area (Å²) in [6, 6.07) is 20.0. The number of amides is 1. The fourth-order valence-corrected chi connectivity index (χ4v) is 3.81. The normalized spacial score (nSPS) is 11.4. The second-order valence-corrected chi connectivity index (χ2v) is 8.90. The number of rotatable bonds is 9. The number of aryl methyl sites for hydroxylation is 1. The topological polar surface area (TPSA) is 58.9 Å². The summed E-state index contributed by atoms with van der Waals surface area (Å²) in [6.07, 6.45) is 3.92. The SMILES string of the molecule is Cc1cccn2cc(COc3ccccc3C(=O)NCc3ccccc3CN(C)C(C)C)nc12. The molecule has 2 aromatic carbocycles. The van der Waals surface area contributed by atoms with Crippen molar-refractivity contribution in [2.75, 3.05) is 7.05 Å². The van der Waals surface area contributed by atoms with Crippen LogP contribution in [0.3, 0.4) is 0 Å². The summed E-state index contributed by atoms with van der Waals surface area (Å²) in [5.41, 5.74) is 5.67. The molecule has 2 aromatic heterocycles. The van der Waals surface area contributed by atoms with Gasteiger partial charge < -0.3 is 14.5 Å². The zero-order valence-corrected chi connectivity index (χ0v) is 20.3. The number of pyridine rings is 1.